The van der Waals surface area contributed by atoms with Crippen molar-refractivity contribution in [3.63, 3.8) is 0 Å². The summed E-state index contributed by atoms with van der Waals surface area (Å²) >= 11 is 11.5. The first-order chi connectivity index (χ1) is 14.0. The summed E-state index contributed by atoms with van der Waals surface area (Å²) in [7, 11) is 0. The van der Waals surface area contributed by atoms with E-state index in [2.05, 4.69) is 6.58 Å². The number of allylic oxidation sites excluding steroid dienone is 1. The van der Waals surface area contributed by atoms with Gasteiger partial charge < -0.3 is 9.69 Å². The molecule has 1 heterocycles. The molecule has 3 rings (SSSR count). The van der Waals surface area contributed by atoms with Crippen LogP contribution in [0.3, 0.4) is 0 Å². The molecule has 29 heavy (non-hydrogen) atoms. The first kappa shape index (κ1) is 23.2. The molecule has 0 bridgehead atoms. The maximum Gasteiger partial charge on any atom is 0.227 e. The molecule has 0 aromatic heterocycles. The molecule has 1 saturated heterocycles. The van der Waals surface area contributed by atoms with Gasteiger partial charge in [0, 0.05) is 16.0 Å². The molecule has 2 aromatic carbocycles. The highest BCUT2D eigenvalue weighted by Gasteiger charge is 2.38. The number of hydrogen-bond acceptors (Lipinski definition) is 2. The van der Waals surface area contributed by atoms with Crippen LogP contribution in [-0.2, 0) is 9.59 Å². The molecule has 0 radical (unpaired) electrons. The lowest BCUT2D eigenvalue weighted by Gasteiger charge is -2.42. The van der Waals surface area contributed by atoms with E-state index in [1.807, 2.05) is 61.5 Å². The van der Waals surface area contributed by atoms with Crippen LogP contribution in [0.2, 0.25) is 10.0 Å². The number of carbonyl (C=O) groups is 2. The van der Waals surface area contributed by atoms with Crippen LogP contribution in [-0.4, -0.2) is 23.1 Å². The van der Waals surface area contributed by atoms with Gasteiger partial charge in [0.25, 0.3) is 0 Å². The maximum atomic E-state index is 12.8. The van der Waals surface area contributed by atoms with Gasteiger partial charge in [-0.15, -0.1) is 6.58 Å². The Morgan fingerprint density at radius 2 is 1.69 bits per heavy atom. The van der Waals surface area contributed by atoms with Gasteiger partial charge in [0.1, 0.15) is 6.29 Å². The van der Waals surface area contributed by atoms with Crippen LogP contribution >= 0.6 is 23.2 Å². The second-order valence-corrected chi connectivity index (χ2v) is 7.89. The van der Waals surface area contributed by atoms with Gasteiger partial charge in [-0.1, -0.05) is 66.5 Å². The van der Waals surface area contributed by atoms with Crippen molar-refractivity contribution in [2.45, 2.75) is 44.7 Å². The van der Waals surface area contributed by atoms with Gasteiger partial charge >= 0.3 is 0 Å². The summed E-state index contributed by atoms with van der Waals surface area (Å²) in [5.41, 5.74) is 1.04. The maximum absolute atomic E-state index is 12.8. The van der Waals surface area contributed by atoms with Gasteiger partial charge in [-0.05, 0) is 55.5 Å². The van der Waals surface area contributed by atoms with Crippen LogP contribution in [0.4, 0.5) is 0 Å². The Kier molecular flexibility index (Phi) is 9.43. The Balaban J connectivity index is 0.000000360. The monoisotopic (exact) mass is 431 g/mol. The van der Waals surface area contributed by atoms with E-state index in [4.69, 9.17) is 23.2 Å². The molecule has 3 nitrogen and oxygen atoms in total. The minimum atomic E-state index is -0.374. The summed E-state index contributed by atoms with van der Waals surface area (Å²) in [6.07, 6.45) is 5.64. The lowest BCUT2D eigenvalue weighted by atomic mass is 9.85. The molecule has 1 aliphatic heterocycles. The summed E-state index contributed by atoms with van der Waals surface area (Å²) in [5, 5.41) is 1.46. The summed E-state index contributed by atoms with van der Waals surface area (Å²) in [6.45, 7) is 5.66. The lowest BCUT2D eigenvalue weighted by molar-refractivity contribution is -0.147. The van der Waals surface area contributed by atoms with Gasteiger partial charge in [-0.25, -0.2) is 0 Å². The van der Waals surface area contributed by atoms with E-state index in [1.165, 1.54) is 0 Å². The SMILES string of the molecule is C=CCC1CCC(c2ccc(Cl)cc2)N(C(C=O)CC)C1=O.Clc1ccccc1. The molecule has 1 amide bonds. The Morgan fingerprint density at radius 1 is 1.07 bits per heavy atom. The predicted octanol–water partition coefficient (Wildman–Crippen LogP) is 6.51. The van der Waals surface area contributed by atoms with Gasteiger partial charge in [-0.3, -0.25) is 4.79 Å². The number of amides is 1. The highest BCUT2D eigenvalue weighted by molar-refractivity contribution is 6.30. The minimum Gasteiger partial charge on any atom is -0.326 e. The van der Waals surface area contributed by atoms with Crippen molar-refractivity contribution >= 4 is 35.4 Å². The zero-order valence-corrected chi connectivity index (χ0v) is 18.1. The second kappa shape index (κ2) is 11.8. The predicted molar refractivity (Wildman–Crippen MR) is 120 cm³/mol. The summed E-state index contributed by atoms with van der Waals surface area (Å²) in [5.74, 6) is 0.0000928. The Hall–Kier alpha value is -2.10. The molecule has 3 atom stereocenters. The third kappa shape index (κ3) is 6.45. The van der Waals surface area contributed by atoms with Crippen molar-refractivity contribution in [1.82, 2.24) is 4.90 Å². The van der Waals surface area contributed by atoms with Crippen LogP contribution < -0.4 is 0 Å². The van der Waals surface area contributed by atoms with E-state index in [0.717, 1.165) is 29.7 Å². The van der Waals surface area contributed by atoms with Crippen molar-refractivity contribution < 1.29 is 9.59 Å². The molecule has 1 aliphatic rings. The normalized spacial score (nSPS) is 19.7. The number of hydrogen-bond donors (Lipinski definition) is 0. The molecule has 0 spiro atoms. The molecular weight excluding hydrogens is 405 g/mol. The van der Waals surface area contributed by atoms with Crippen molar-refractivity contribution in [3.8, 4) is 0 Å². The Morgan fingerprint density at radius 3 is 2.17 bits per heavy atom. The van der Waals surface area contributed by atoms with Crippen molar-refractivity contribution in [3.05, 3.63) is 82.9 Å². The van der Waals surface area contributed by atoms with Crippen LogP contribution in [0, 0.1) is 5.92 Å². The van der Waals surface area contributed by atoms with Gasteiger partial charge in [0.2, 0.25) is 5.91 Å². The molecular formula is C24H27Cl2NO2. The quantitative estimate of drug-likeness (QED) is 0.385. The molecule has 1 fully saturated rings. The fraction of sp³-hybridized carbons (Fsp3) is 0.333. The zero-order valence-electron chi connectivity index (χ0n) is 16.6. The molecule has 154 valence electrons. The number of piperidine rings is 1. The summed E-state index contributed by atoms with van der Waals surface area (Å²) in [4.78, 5) is 26.0. The Labute approximate surface area is 183 Å². The summed E-state index contributed by atoms with van der Waals surface area (Å²) < 4.78 is 0. The molecule has 0 N–H and O–H groups in total. The van der Waals surface area contributed by atoms with E-state index in [0.29, 0.717) is 17.9 Å². The van der Waals surface area contributed by atoms with E-state index in [9.17, 15) is 9.59 Å². The second-order valence-electron chi connectivity index (χ2n) is 7.02. The average molecular weight is 432 g/mol. The number of aldehydes is 1. The van der Waals surface area contributed by atoms with Crippen molar-refractivity contribution in [2.24, 2.45) is 5.92 Å². The van der Waals surface area contributed by atoms with Crippen LogP contribution in [0.5, 0.6) is 0 Å². The fourth-order valence-corrected chi connectivity index (χ4v) is 3.86. The largest absolute Gasteiger partial charge is 0.326 e. The Bertz CT molecular complexity index is 792. The molecule has 0 saturated carbocycles. The molecule has 0 aliphatic carbocycles. The van der Waals surface area contributed by atoms with Crippen LogP contribution in [0.1, 0.15) is 44.2 Å². The van der Waals surface area contributed by atoms with Gasteiger partial charge in [0.05, 0.1) is 12.1 Å². The number of nitrogens with zero attached hydrogens (tertiary/aromatic N) is 1. The number of likely N-dealkylation sites (tertiary alicyclic amines) is 1. The molecule has 3 unspecified atom stereocenters. The highest BCUT2D eigenvalue weighted by Crippen LogP contribution is 2.37. The van der Waals surface area contributed by atoms with Crippen molar-refractivity contribution in [1.29, 1.82) is 0 Å². The van der Waals surface area contributed by atoms with Gasteiger partial charge in [-0.2, -0.15) is 0 Å². The number of carbonyl (C=O) groups excluding carboxylic acids is 2. The van der Waals surface area contributed by atoms with Gasteiger partial charge in [0.15, 0.2) is 0 Å². The minimum absolute atomic E-state index is 0.0546. The van der Waals surface area contributed by atoms with E-state index < -0.39 is 0 Å². The zero-order chi connectivity index (χ0) is 21.2. The third-order valence-corrected chi connectivity index (χ3v) is 5.60. The number of rotatable bonds is 6. The van der Waals surface area contributed by atoms with E-state index in [1.54, 1.807) is 11.0 Å². The highest BCUT2D eigenvalue weighted by atomic mass is 35.5. The fourth-order valence-electron chi connectivity index (χ4n) is 3.59. The third-order valence-electron chi connectivity index (χ3n) is 5.10. The number of halogens is 2. The van der Waals surface area contributed by atoms with Crippen LogP contribution in [0.15, 0.2) is 67.3 Å². The summed E-state index contributed by atoms with van der Waals surface area (Å²) in [6, 6.07) is 16.6. The molecule has 2 aromatic rings. The number of benzene rings is 2. The standard InChI is InChI=1S/C18H22ClNO2.C6H5Cl/c1-3-5-14-8-11-17(13-6-9-15(19)10-7-13)20(18(14)22)16(4-2)12-21;7-6-4-2-1-3-5-6/h3,6-7,9-10,12,14,16-17H,1,4-5,8,11H2,2H3;1-5H. The van der Waals surface area contributed by atoms with Crippen LogP contribution in [0.25, 0.3) is 0 Å². The topological polar surface area (TPSA) is 37.4 Å². The smallest absolute Gasteiger partial charge is 0.227 e. The van der Waals surface area contributed by atoms with Crippen molar-refractivity contribution in [2.75, 3.05) is 0 Å². The van der Waals surface area contributed by atoms with E-state index >= 15 is 0 Å². The van der Waals surface area contributed by atoms with E-state index in [-0.39, 0.29) is 23.9 Å². The average Bonchev–Trinajstić information content (AvgIpc) is 2.73. The first-order valence-corrected chi connectivity index (χ1v) is 10.6. The molecule has 5 heteroatoms. The lowest BCUT2D eigenvalue weighted by Crippen LogP contribution is -2.49. The first-order valence-electron chi connectivity index (χ1n) is 9.86.